The second kappa shape index (κ2) is 7.59. The molecule has 0 bridgehead atoms. The van der Waals surface area contributed by atoms with Crippen molar-refractivity contribution in [3.63, 3.8) is 0 Å². The smallest absolute Gasteiger partial charge is 0.199 e. The fraction of sp³-hybridized carbons (Fsp3) is 0.160. The van der Waals surface area contributed by atoms with Crippen molar-refractivity contribution in [3.8, 4) is 17.1 Å². The van der Waals surface area contributed by atoms with Crippen LogP contribution in [-0.2, 0) is 0 Å². The highest BCUT2D eigenvalue weighted by molar-refractivity contribution is 5.86. The van der Waals surface area contributed by atoms with Crippen LogP contribution in [-0.4, -0.2) is 32.6 Å². The van der Waals surface area contributed by atoms with Gasteiger partial charge < -0.3 is 4.90 Å². The number of anilines is 1. The summed E-state index contributed by atoms with van der Waals surface area (Å²) in [6.45, 7) is 6.32. The predicted octanol–water partition coefficient (Wildman–Crippen LogP) is 5.48. The molecule has 5 heteroatoms. The Balaban J connectivity index is 1.75. The quantitative estimate of drug-likeness (QED) is 0.397. The highest BCUT2D eigenvalue weighted by atomic mass is 15.2. The lowest BCUT2D eigenvalue weighted by Gasteiger charge is -2.21. The fourth-order valence-corrected chi connectivity index (χ4v) is 3.88. The van der Waals surface area contributed by atoms with Crippen LogP contribution in [0.5, 0.6) is 0 Å². The van der Waals surface area contributed by atoms with Gasteiger partial charge in [-0.15, -0.1) is 0 Å². The maximum atomic E-state index is 4.92. The molecule has 2 heterocycles. The SMILES string of the molecule is CCN(CC)c1ccc(-n2c(-c3ccccc3)nc3nc4ccccc4nc32)cc1. The molecule has 0 amide bonds. The zero-order chi connectivity index (χ0) is 20.5. The number of fused-ring (bicyclic) bond motifs is 2. The molecule has 0 unspecified atom stereocenters. The lowest BCUT2D eigenvalue weighted by Crippen LogP contribution is -2.21. The van der Waals surface area contributed by atoms with Crippen LogP contribution < -0.4 is 4.90 Å². The van der Waals surface area contributed by atoms with Crippen molar-refractivity contribution >= 4 is 28.0 Å². The Morgan fingerprint density at radius 3 is 2.00 bits per heavy atom. The Kier molecular flexibility index (Phi) is 4.64. The van der Waals surface area contributed by atoms with Crippen LogP contribution >= 0.6 is 0 Å². The van der Waals surface area contributed by atoms with Crippen LogP contribution in [0.4, 0.5) is 5.69 Å². The predicted molar refractivity (Wildman–Crippen MR) is 123 cm³/mol. The standard InChI is InChI=1S/C25H23N5/c1-3-29(4-2)19-14-16-20(17-15-19)30-24(18-10-6-5-7-11-18)28-23-25(30)27-22-13-9-8-12-21(22)26-23/h5-17H,3-4H2,1-2H3. The Labute approximate surface area is 175 Å². The minimum absolute atomic E-state index is 0.653. The lowest BCUT2D eigenvalue weighted by atomic mass is 10.2. The van der Waals surface area contributed by atoms with Gasteiger partial charge in [-0.25, -0.2) is 15.0 Å². The van der Waals surface area contributed by atoms with Crippen molar-refractivity contribution in [2.24, 2.45) is 0 Å². The molecule has 0 aliphatic carbocycles. The van der Waals surface area contributed by atoms with Gasteiger partial charge in [0, 0.05) is 30.0 Å². The molecule has 148 valence electrons. The summed E-state index contributed by atoms with van der Waals surface area (Å²) >= 11 is 0. The molecule has 5 nitrogen and oxygen atoms in total. The second-order valence-electron chi connectivity index (χ2n) is 7.19. The van der Waals surface area contributed by atoms with Crippen molar-refractivity contribution in [2.75, 3.05) is 18.0 Å². The van der Waals surface area contributed by atoms with Crippen molar-refractivity contribution in [1.82, 2.24) is 19.5 Å². The topological polar surface area (TPSA) is 46.8 Å². The summed E-state index contributed by atoms with van der Waals surface area (Å²) in [4.78, 5) is 16.9. The largest absolute Gasteiger partial charge is 0.372 e. The molecule has 0 saturated heterocycles. The summed E-state index contributed by atoms with van der Waals surface area (Å²) in [5.74, 6) is 0.844. The van der Waals surface area contributed by atoms with Crippen molar-refractivity contribution in [3.05, 3.63) is 78.9 Å². The Morgan fingerprint density at radius 1 is 0.700 bits per heavy atom. The minimum Gasteiger partial charge on any atom is -0.372 e. The highest BCUT2D eigenvalue weighted by Crippen LogP contribution is 2.29. The zero-order valence-corrected chi connectivity index (χ0v) is 17.2. The number of aromatic nitrogens is 4. The van der Waals surface area contributed by atoms with Gasteiger partial charge in [0.2, 0.25) is 0 Å². The maximum absolute atomic E-state index is 4.92. The Hall–Kier alpha value is -3.73. The van der Waals surface area contributed by atoms with Crippen molar-refractivity contribution in [1.29, 1.82) is 0 Å². The first-order valence-electron chi connectivity index (χ1n) is 10.3. The molecule has 0 aliphatic rings. The van der Waals surface area contributed by atoms with E-state index < -0.39 is 0 Å². The number of hydrogen-bond acceptors (Lipinski definition) is 4. The number of hydrogen-bond donors (Lipinski definition) is 0. The van der Waals surface area contributed by atoms with Gasteiger partial charge in [-0.3, -0.25) is 4.57 Å². The number of para-hydroxylation sites is 2. The second-order valence-corrected chi connectivity index (χ2v) is 7.19. The molecular weight excluding hydrogens is 370 g/mol. The molecule has 0 N–H and O–H groups in total. The van der Waals surface area contributed by atoms with Gasteiger partial charge in [-0.1, -0.05) is 42.5 Å². The van der Waals surface area contributed by atoms with E-state index in [2.05, 4.69) is 59.7 Å². The monoisotopic (exact) mass is 393 g/mol. The molecule has 0 radical (unpaired) electrons. The van der Waals surface area contributed by atoms with Gasteiger partial charge in [0.1, 0.15) is 5.82 Å². The first-order chi connectivity index (χ1) is 14.8. The van der Waals surface area contributed by atoms with Gasteiger partial charge in [-0.05, 0) is 50.2 Å². The number of imidazole rings is 1. The molecule has 0 aliphatic heterocycles. The van der Waals surface area contributed by atoms with Crippen LogP contribution in [0.2, 0.25) is 0 Å². The van der Waals surface area contributed by atoms with Crippen LogP contribution in [0.25, 0.3) is 39.4 Å². The van der Waals surface area contributed by atoms with Gasteiger partial charge in [0.15, 0.2) is 11.3 Å². The minimum atomic E-state index is 0.653. The molecule has 5 aromatic rings. The van der Waals surface area contributed by atoms with E-state index in [1.54, 1.807) is 0 Å². The van der Waals surface area contributed by atoms with E-state index in [1.165, 1.54) is 5.69 Å². The van der Waals surface area contributed by atoms with E-state index in [0.29, 0.717) is 5.65 Å². The van der Waals surface area contributed by atoms with E-state index in [4.69, 9.17) is 15.0 Å². The number of nitrogens with zero attached hydrogens (tertiary/aromatic N) is 5. The Bertz CT molecular complexity index is 1300. The summed E-state index contributed by atoms with van der Waals surface area (Å²) in [6, 6.07) is 26.7. The third-order valence-corrected chi connectivity index (χ3v) is 5.44. The summed E-state index contributed by atoms with van der Waals surface area (Å²) in [5.41, 5.74) is 6.41. The molecular formula is C25H23N5. The summed E-state index contributed by atoms with van der Waals surface area (Å²) in [6.07, 6.45) is 0. The van der Waals surface area contributed by atoms with Crippen molar-refractivity contribution in [2.45, 2.75) is 13.8 Å². The van der Waals surface area contributed by atoms with E-state index in [9.17, 15) is 0 Å². The zero-order valence-electron chi connectivity index (χ0n) is 17.2. The first kappa shape index (κ1) is 18.3. The molecule has 0 atom stereocenters. The van der Waals surface area contributed by atoms with E-state index in [-0.39, 0.29) is 0 Å². The normalized spacial score (nSPS) is 11.3. The Morgan fingerprint density at radius 2 is 1.33 bits per heavy atom. The summed E-state index contributed by atoms with van der Waals surface area (Å²) in [5, 5.41) is 0. The molecule has 3 aromatic carbocycles. The van der Waals surface area contributed by atoms with Crippen LogP contribution in [0.3, 0.4) is 0 Å². The lowest BCUT2D eigenvalue weighted by molar-refractivity contribution is 0.866. The van der Waals surface area contributed by atoms with Gasteiger partial charge in [0.25, 0.3) is 0 Å². The number of rotatable bonds is 5. The van der Waals surface area contributed by atoms with Crippen LogP contribution in [0, 0.1) is 0 Å². The summed E-state index contributed by atoms with van der Waals surface area (Å²) < 4.78 is 2.11. The van der Waals surface area contributed by atoms with Gasteiger partial charge >= 0.3 is 0 Å². The molecule has 2 aromatic heterocycles. The fourth-order valence-electron chi connectivity index (χ4n) is 3.88. The highest BCUT2D eigenvalue weighted by Gasteiger charge is 2.17. The van der Waals surface area contributed by atoms with Gasteiger partial charge in [0.05, 0.1) is 11.0 Å². The molecule has 30 heavy (non-hydrogen) atoms. The van der Waals surface area contributed by atoms with E-state index in [1.807, 2.05) is 42.5 Å². The third kappa shape index (κ3) is 3.08. The van der Waals surface area contributed by atoms with E-state index >= 15 is 0 Å². The number of benzene rings is 3. The van der Waals surface area contributed by atoms with E-state index in [0.717, 1.165) is 46.8 Å². The average Bonchev–Trinajstić information content (AvgIpc) is 3.17. The molecule has 0 fully saturated rings. The van der Waals surface area contributed by atoms with Crippen LogP contribution in [0.15, 0.2) is 78.9 Å². The summed E-state index contributed by atoms with van der Waals surface area (Å²) in [7, 11) is 0. The van der Waals surface area contributed by atoms with Crippen molar-refractivity contribution < 1.29 is 0 Å². The van der Waals surface area contributed by atoms with Crippen LogP contribution in [0.1, 0.15) is 13.8 Å². The maximum Gasteiger partial charge on any atom is 0.199 e. The molecule has 0 saturated carbocycles. The van der Waals surface area contributed by atoms with Gasteiger partial charge in [-0.2, -0.15) is 0 Å². The molecule has 0 spiro atoms. The molecule has 5 rings (SSSR count). The first-order valence-corrected chi connectivity index (χ1v) is 10.3. The third-order valence-electron chi connectivity index (χ3n) is 5.44. The average molecular weight is 393 g/mol.